The van der Waals surface area contributed by atoms with Crippen LogP contribution in [0.5, 0.6) is 0 Å². The number of amides is 1. The van der Waals surface area contributed by atoms with E-state index in [4.69, 9.17) is 0 Å². The van der Waals surface area contributed by atoms with Gasteiger partial charge in [0.15, 0.2) is 0 Å². The minimum Gasteiger partial charge on any atom is -0.334 e. The van der Waals surface area contributed by atoms with Crippen molar-refractivity contribution in [3.8, 4) is 0 Å². The molecule has 1 atom stereocenters. The lowest BCUT2D eigenvalue weighted by Gasteiger charge is -2.25. The minimum atomic E-state index is -0.333. The van der Waals surface area contributed by atoms with Gasteiger partial charge in [0.2, 0.25) is 0 Å². The van der Waals surface area contributed by atoms with E-state index in [9.17, 15) is 9.18 Å². The molecule has 3 rings (SSSR count). The number of aromatic nitrogens is 1. The number of carbonyl (C=O) groups is 1. The summed E-state index contributed by atoms with van der Waals surface area (Å²) in [6.07, 6.45) is 4.56. The molecule has 1 aliphatic rings. The molecule has 0 spiro atoms. The highest BCUT2D eigenvalue weighted by Crippen LogP contribution is 2.16. The van der Waals surface area contributed by atoms with E-state index in [-0.39, 0.29) is 11.7 Å². The van der Waals surface area contributed by atoms with E-state index in [0.29, 0.717) is 24.6 Å². The van der Waals surface area contributed by atoms with Gasteiger partial charge in [-0.15, -0.1) is 0 Å². The largest absolute Gasteiger partial charge is 0.334 e. The zero-order valence-corrected chi connectivity index (χ0v) is 12.9. The second-order valence-electron chi connectivity index (χ2n) is 5.91. The maximum Gasteiger partial charge on any atom is 0.254 e. The summed E-state index contributed by atoms with van der Waals surface area (Å²) >= 11 is 0. The van der Waals surface area contributed by atoms with Gasteiger partial charge in [0.1, 0.15) is 5.82 Å². The Morgan fingerprint density at radius 2 is 2.13 bits per heavy atom. The van der Waals surface area contributed by atoms with Crippen LogP contribution in [0.25, 0.3) is 0 Å². The Morgan fingerprint density at radius 1 is 1.30 bits per heavy atom. The smallest absolute Gasteiger partial charge is 0.254 e. The van der Waals surface area contributed by atoms with Gasteiger partial charge in [-0.25, -0.2) is 4.39 Å². The molecular weight excluding hydrogens is 293 g/mol. The molecule has 0 aliphatic carbocycles. The summed E-state index contributed by atoms with van der Waals surface area (Å²) in [4.78, 5) is 18.8. The van der Waals surface area contributed by atoms with Gasteiger partial charge in [-0.1, -0.05) is 6.07 Å². The van der Waals surface area contributed by atoms with Crippen molar-refractivity contribution in [2.45, 2.75) is 13.0 Å². The van der Waals surface area contributed by atoms with E-state index in [2.05, 4.69) is 10.3 Å². The van der Waals surface area contributed by atoms with Crippen LogP contribution in [0.15, 0.2) is 48.8 Å². The summed E-state index contributed by atoms with van der Waals surface area (Å²) in [5, 5.41) is 3.33. The Balaban J connectivity index is 1.78. The molecule has 0 saturated carbocycles. The molecule has 1 fully saturated rings. The average Bonchev–Trinajstić information content (AvgIpc) is 3.08. The lowest BCUT2D eigenvalue weighted by atomic mass is 10.1. The van der Waals surface area contributed by atoms with Gasteiger partial charge in [0.05, 0.1) is 0 Å². The molecule has 4 nitrogen and oxygen atoms in total. The van der Waals surface area contributed by atoms with Crippen molar-refractivity contribution >= 4 is 5.91 Å². The first-order valence-corrected chi connectivity index (χ1v) is 7.87. The first-order valence-electron chi connectivity index (χ1n) is 7.87. The predicted octanol–water partition coefficient (Wildman–Crippen LogP) is 2.47. The number of halogens is 1. The molecule has 5 heteroatoms. The molecule has 1 amide bonds. The Kier molecular flexibility index (Phi) is 4.98. The number of benzene rings is 1. The number of nitrogens with zero attached hydrogens (tertiary/aromatic N) is 2. The molecule has 120 valence electrons. The fourth-order valence-electron chi connectivity index (χ4n) is 2.89. The maximum atomic E-state index is 13.1. The quantitative estimate of drug-likeness (QED) is 0.922. The molecule has 1 aromatic heterocycles. The fraction of sp³-hybridized carbons (Fsp3) is 0.333. The van der Waals surface area contributed by atoms with Crippen LogP contribution in [0.4, 0.5) is 4.39 Å². The lowest BCUT2D eigenvalue weighted by molar-refractivity contribution is 0.0718. The number of pyridine rings is 1. The van der Waals surface area contributed by atoms with Crippen LogP contribution in [-0.2, 0) is 6.54 Å². The van der Waals surface area contributed by atoms with Crippen LogP contribution in [0.3, 0.4) is 0 Å². The van der Waals surface area contributed by atoms with E-state index in [1.165, 1.54) is 12.1 Å². The van der Waals surface area contributed by atoms with Crippen molar-refractivity contribution in [2.24, 2.45) is 5.92 Å². The van der Waals surface area contributed by atoms with Crippen molar-refractivity contribution < 1.29 is 9.18 Å². The summed E-state index contributed by atoms with van der Waals surface area (Å²) in [7, 11) is 0. The number of carbonyl (C=O) groups excluding carboxylic acids is 1. The minimum absolute atomic E-state index is 0.0687. The molecule has 2 aromatic rings. The predicted molar refractivity (Wildman–Crippen MR) is 86.4 cm³/mol. The standard InChI is InChI=1S/C18H20FN3O/c19-17-5-3-16(4-6-17)18(23)22(13-15-7-9-21-11-15)12-14-2-1-8-20-10-14/h1-6,8,10,15,21H,7,9,11-13H2. The van der Waals surface area contributed by atoms with Gasteiger partial charge in [-0.3, -0.25) is 9.78 Å². The second-order valence-corrected chi connectivity index (χ2v) is 5.91. The summed E-state index contributed by atoms with van der Waals surface area (Å²) in [6, 6.07) is 9.57. The third-order valence-corrected chi connectivity index (χ3v) is 4.12. The van der Waals surface area contributed by atoms with Crippen molar-refractivity contribution in [2.75, 3.05) is 19.6 Å². The van der Waals surface area contributed by atoms with E-state index in [0.717, 1.165) is 25.1 Å². The topological polar surface area (TPSA) is 45.2 Å². The zero-order chi connectivity index (χ0) is 16.1. The Bertz CT molecular complexity index is 639. The third kappa shape index (κ3) is 4.13. The van der Waals surface area contributed by atoms with Gasteiger partial charge in [0, 0.05) is 31.0 Å². The van der Waals surface area contributed by atoms with Crippen LogP contribution < -0.4 is 5.32 Å². The summed E-state index contributed by atoms with van der Waals surface area (Å²) in [5.41, 5.74) is 1.51. The fourth-order valence-corrected chi connectivity index (χ4v) is 2.89. The summed E-state index contributed by atoms with van der Waals surface area (Å²) in [6.45, 7) is 3.13. The van der Waals surface area contributed by atoms with E-state index in [1.54, 1.807) is 24.5 Å². The lowest BCUT2D eigenvalue weighted by Crippen LogP contribution is -2.35. The van der Waals surface area contributed by atoms with Crippen LogP contribution in [0, 0.1) is 11.7 Å². The maximum absolute atomic E-state index is 13.1. The van der Waals surface area contributed by atoms with Crippen LogP contribution in [0.1, 0.15) is 22.3 Å². The van der Waals surface area contributed by atoms with Gasteiger partial charge in [0.25, 0.3) is 5.91 Å². The number of hydrogen-bond donors (Lipinski definition) is 1. The highest BCUT2D eigenvalue weighted by Gasteiger charge is 2.23. The Hall–Kier alpha value is -2.27. The molecule has 1 aliphatic heterocycles. The van der Waals surface area contributed by atoms with Crippen LogP contribution >= 0.6 is 0 Å². The summed E-state index contributed by atoms with van der Waals surface area (Å²) in [5.74, 6) is 0.0529. The van der Waals surface area contributed by atoms with Crippen molar-refractivity contribution in [3.05, 3.63) is 65.7 Å². The second kappa shape index (κ2) is 7.33. The van der Waals surface area contributed by atoms with Crippen molar-refractivity contribution in [1.29, 1.82) is 0 Å². The highest BCUT2D eigenvalue weighted by atomic mass is 19.1. The van der Waals surface area contributed by atoms with Gasteiger partial charge < -0.3 is 10.2 Å². The molecule has 1 N–H and O–H groups in total. The average molecular weight is 313 g/mol. The normalized spacial score (nSPS) is 17.2. The molecule has 0 bridgehead atoms. The van der Waals surface area contributed by atoms with Crippen LogP contribution in [-0.4, -0.2) is 35.4 Å². The molecule has 1 aromatic carbocycles. The van der Waals surface area contributed by atoms with E-state index in [1.807, 2.05) is 17.0 Å². The molecule has 2 heterocycles. The molecule has 1 saturated heterocycles. The van der Waals surface area contributed by atoms with E-state index >= 15 is 0 Å². The molecular formula is C18H20FN3O. The third-order valence-electron chi connectivity index (χ3n) is 4.12. The Morgan fingerprint density at radius 3 is 2.78 bits per heavy atom. The molecule has 0 radical (unpaired) electrons. The van der Waals surface area contributed by atoms with Crippen molar-refractivity contribution in [1.82, 2.24) is 15.2 Å². The monoisotopic (exact) mass is 313 g/mol. The first kappa shape index (κ1) is 15.6. The van der Waals surface area contributed by atoms with Gasteiger partial charge in [-0.05, 0) is 61.3 Å². The number of rotatable bonds is 5. The van der Waals surface area contributed by atoms with Crippen LogP contribution in [0.2, 0.25) is 0 Å². The highest BCUT2D eigenvalue weighted by molar-refractivity contribution is 5.94. The van der Waals surface area contributed by atoms with Crippen molar-refractivity contribution in [3.63, 3.8) is 0 Å². The van der Waals surface area contributed by atoms with Gasteiger partial charge in [-0.2, -0.15) is 0 Å². The Labute approximate surface area is 135 Å². The SMILES string of the molecule is O=C(c1ccc(F)cc1)N(Cc1cccnc1)CC1CCNC1. The molecule has 23 heavy (non-hydrogen) atoms. The zero-order valence-electron chi connectivity index (χ0n) is 12.9. The first-order chi connectivity index (χ1) is 11.2. The number of hydrogen-bond acceptors (Lipinski definition) is 3. The van der Waals surface area contributed by atoms with Gasteiger partial charge >= 0.3 is 0 Å². The van der Waals surface area contributed by atoms with E-state index < -0.39 is 0 Å². The summed E-state index contributed by atoms with van der Waals surface area (Å²) < 4.78 is 13.1. The molecule has 1 unspecified atom stereocenters. The number of nitrogens with one attached hydrogen (secondary N) is 1.